The Morgan fingerprint density at radius 2 is 2.19 bits per heavy atom. The Morgan fingerprint density at radius 1 is 1.37 bits per heavy atom. The first-order valence-electron chi connectivity index (χ1n) is 7.96. The van der Waals surface area contributed by atoms with E-state index >= 15 is 0 Å². The first-order valence-corrected chi connectivity index (χ1v) is 7.96. The largest absolute Gasteiger partial charge is 0.465 e. The predicted molar refractivity (Wildman–Crippen MR) is 92.7 cm³/mol. The molecule has 2 aromatic rings. The molecule has 0 spiro atoms. The zero-order chi connectivity index (χ0) is 19.4. The van der Waals surface area contributed by atoms with Crippen LogP contribution in [0.2, 0.25) is 0 Å². The molecule has 1 saturated heterocycles. The monoisotopic (exact) mass is 370 g/mol. The number of nitrogens with one attached hydrogen (secondary N) is 2. The molecule has 10 heteroatoms. The van der Waals surface area contributed by atoms with Crippen LogP contribution in [0, 0.1) is 17.1 Å². The van der Waals surface area contributed by atoms with Gasteiger partial charge in [0.1, 0.15) is 5.82 Å². The second-order valence-corrected chi connectivity index (χ2v) is 5.64. The van der Waals surface area contributed by atoms with Gasteiger partial charge in [-0.15, -0.1) is 10.2 Å². The van der Waals surface area contributed by atoms with Crippen LogP contribution in [0.1, 0.15) is 26.4 Å². The number of halogens is 1. The Hall–Kier alpha value is -3.58. The van der Waals surface area contributed by atoms with Crippen molar-refractivity contribution in [3.8, 4) is 6.07 Å². The molecule has 1 aliphatic heterocycles. The number of nitriles is 1. The molecule has 1 fully saturated rings. The number of aromatic nitrogens is 2. The van der Waals surface area contributed by atoms with Crippen molar-refractivity contribution in [3.05, 3.63) is 46.9 Å². The first-order chi connectivity index (χ1) is 13.0. The molecule has 27 heavy (non-hydrogen) atoms. The number of nitrogens with zero attached hydrogens (tertiary/aromatic N) is 4. The third kappa shape index (κ3) is 3.83. The zero-order valence-corrected chi connectivity index (χ0v) is 14.3. The van der Waals surface area contributed by atoms with Crippen molar-refractivity contribution in [1.29, 1.82) is 5.26 Å². The summed E-state index contributed by atoms with van der Waals surface area (Å²) in [7, 11) is 1.11. The van der Waals surface area contributed by atoms with Gasteiger partial charge in [-0.1, -0.05) is 0 Å². The van der Waals surface area contributed by atoms with Crippen LogP contribution in [0.25, 0.3) is 0 Å². The molecule has 2 heterocycles. The summed E-state index contributed by atoms with van der Waals surface area (Å²) in [5, 5.41) is 22.2. The Kier molecular flexibility index (Phi) is 5.23. The van der Waals surface area contributed by atoms with E-state index in [1.165, 1.54) is 6.07 Å². The summed E-state index contributed by atoms with van der Waals surface area (Å²) in [6.45, 7) is 2.25. The van der Waals surface area contributed by atoms with Gasteiger partial charge < -0.3 is 15.0 Å². The number of amides is 1. The molecule has 0 bridgehead atoms. The number of methoxy groups -OCH3 is 1. The zero-order valence-electron chi connectivity index (χ0n) is 14.3. The van der Waals surface area contributed by atoms with Crippen molar-refractivity contribution in [1.82, 2.24) is 15.5 Å². The molecule has 0 unspecified atom stereocenters. The lowest BCUT2D eigenvalue weighted by molar-refractivity contribution is 0.0601. The first kappa shape index (κ1) is 18.2. The molecule has 1 aliphatic rings. The summed E-state index contributed by atoms with van der Waals surface area (Å²) in [6, 6.07) is 6.88. The number of esters is 1. The van der Waals surface area contributed by atoms with Gasteiger partial charge in [0.2, 0.25) is 0 Å². The van der Waals surface area contributed by atoms with Crippen molar-refractivity contribution in [2.45, 2.75) is 0 Å². The van der Waals surface area contributed by atoms with E-state index in [0.29, 0.717) is 12.5 Å². The fourth-order valence-corrected chi connectivity index (χ4v) is 2.56. The van der Waals surface area contributed by atoms with Crippen LogP contribution >= 0.6 is 0 Å². The lowest BCUT2D eigenvalue weighted by Crippen LogP contribution is -2.23. The van der Waals surface area contributed by atoms with Crippen LogP contribution in [0.15, 0.2) is 24.3 Å². The molecule has 0 atom stereocenters. The molecular weight excluding hydrogens is 355 g/mol. The fourth-order valence-electron chi connectivity index (χ4n) is 2.56. The standard InChI is InChI=1S/C17H15FN6O3/c1-27-17(26)11-6-10(8-19)7-12(18)15(11)21-16(25)13-2-3-14(23-22-13)24-5-4-20-9-24/h2-3,6-7,20H,4-5,9H2,1H3,(H,21,25). The fraction of sp³-hybridized carbons (Fsp3) is 0.235. The minimum atomic E-state index is -0.935. The van der Waals surface area contributed by atoms with Crippen molar-refractivity contribution in [2.75, 3.05) is 37.1 Å². The molecule has 138 valence electrons. The second kappa shape index (κ2) is 7.76. The van der Waals surface area contributed by atoms with E-state index in [0.717, 1.165) is 32.3 Å². The van der Waals surface area contributed by atoms with Gasteiger partial charge in [0, 0.05) is 13.1 Å². The highest BCUT2D eigenvalue weighted by atomic mass is 19.1. The highest BCUT2D eigenvalue weighted by Crippen LogP contribution is 2.24. The summed E-state index contributed by atoms with van der Waals surface area (Å²) in [6.07, 6.45) is 0. The summed E-state index contributed by atoms with van der Waals surface area (Å²) >= 11 is 0. The van der Waals surface area contributed by atoms with Gasteiger partial charge in [0.25, 0.3) is 5.91 Å². The average Bonchev–Trinajstić information content (AvgIpc) is 3.23. The van der Waals surface area contributed by atoms with Gasteiger partial charge in [-0.25, -0.2) is 9.18 Å². The van der Waals surface area contributed by atoms with E-state index in [1.54, 1.807) is 12.1 Å². The van der Waals surface area contributed by atoms with Crippen LogP contribution in [-0.4, -0.2) is 48.9 Å². The Labute approximate surface area is 153 Å². The molecule has 1 aromatic carbocycles. The van der Waals surface area contributed by atoms with Crippen LogP contribution in [0.5, 0.6) is 0 Å². The Balaban J connectivity index is 1.85. The maximum Gasteiger partial charge on any atom is 0.340 e. The number of hydrogen-bond acceptors (Lipinski definition) is 8. The van der Waals surface area contributed by atoms with Crippen molar-refractivity contribution in [2.24, 2.45) is 0 Å². The highest BCUT2D eigenvalue weighted by molar-refractivity contribution is 6.07. The molecule has 0 aliphatic carbocycles. The number of benzene rings is 1. The minimum Gasteiger partial charge on any atom is -0.465 e. The van der Waals surface area contributed by atoms with Crippen LogP contribution in [0.3, 0.4) is 0 Å². The van der Waals surface area contributed by atoms with Gasteiger partial charge in [0.05, 0.1) is 36.7 Å². The lowest BCUT2D eigenvalue weighted by Gasteiger charge is -2.14. The summed E-state index contributed by atoms with van der Waals surface area (Å²) in [5.74, 6) is -1.96. The second-order valence-electron chi connectivity index (χ2n) is 5.64. The molecule has 0 radical (unpaired) electrons. The number of carbonyl (C=O) groups excluding carboxylic acids is 2. The number of hydrogen-bond donors (Lipinski definition) is 2. The molecule has 1 aromatic heterocycles. The SMILES string of the molecule is COC(=O)c1cc(C#N)cc(F)c1NC(=O)c1ccc(N2CCNC2)nn1. The van der Waals surface area contributed by atoms with E-state index in [1.807, 2.05) is 4.90 Å². The number of ether oxygens (including phenoxy) is 1. The summed E-state index contributed by atoms with van der Waals surface area (Å²) in [5.41, 5.74) is -0.782. The molecule has 1 amide bonds. The maximum atomic E-state index is 14.3. The third-order valence-corrected chi connectivity index (χ3v) is 3.93. The maximum absolute atomic E-state index is 14.3. The van der Waals surface area contributed by atoms with E-state index < -0.39 is 17.7 Å². The number of carbonyl (C=O) groups is 2. The van der Waals surface area contributed by atoms with Crippen molar-refractivity contribution < 1.29 is 18.7 Å². The van der Waals surface area contributed by atoms with Gasteiger partial charge >= 0.3 is 5.97 Å². The van der Waals surface area contributed by atoms with Crippen LogP contribution < -0.4 is 15.5 Å². The van der Waals surface area contributed by atoms with Crippen LogP contribution in [-0.2, 0) is 4.74 Å². The molecular formula is C17H15FN6O3. The lowest BCUT2D eigenvalue weighted by atomic mass is 10.1. The topological polar surface area (TPSA) is 120 Å². The summed E-state index contributed by atoms with van der Waals surface area (Å²) in [4.78, 5) is 26.2. The normalized spacial score (nSPS) is 13.1. The highest BCUT2D eigenvalue weighted by Gasteiger charge is 2.21. The van der Waals surface area contributed by atoms with Gasteiger partial charge in [-0.2, -0.15) is 5.26 Å². The third-order valence-electron chi connectivity index (χ3n) is 3.93. The van der Waals surface area contributed by atoms with Crippen molar-refractivity contribution in [3.63, 3.8) is 0 Å². The van der Waals surface area contributed by atoms with Crippen LogP contribution in [0.4, 0.5) is 15.9 Å². The van der Waals surface area contributed by atoms with E-state index in [9.17, 15) is 14.0 Å². The molecule has 3 rings (SSSR count). The Morgan fingerprint density at radius 3 is 2.78 bits per heavy atom. The average molecular weight is 370 g/mol. The van der Waals surface area contributed by atoms with E-state index in [2.05, 4.69) is 25.6 Å². The van der Waals surface area contributed by atoms with Gasteiger partial charge in [-0.3, -0.25) is 10.1 Å². The predicted octanol–water partition coefficient (Wildman–Crippen LogP) is 0.893. The van der Waals surface area contributed by atoms with E-state index in [4.69, 9.17) is 5.26 Å². The Bertz CT molecular complexity index is 920. The van der Waals surface area contributed by atoms with Gasteiger partial charge in [0.15, 0.2) is 11.5 Å². The smallest absolute Gasteiger partial charge is 0.340 e. The van der Waals surface area contributed by atoms with Gasteiger partial charge in [-0.05, 0) is 24.3 Å². The molecule has 9 nitrogen and oxygen atoms in total. The minimum absolute atomic E-state index is 0.0505. The van der Waals surface area contributed by atoms with Crippen molar-refractivity contribution >= 4 is 23.4 Å². The number of rotatable bonds is 4. The molecule has 0 saturated carbocycles. The van der Waals surface area contributed by atoms with E-state index in [-0.39, 0.29) is 22.5 Å². The molecule has 2 N–H and O–H groups in total. The number of anilines is 2. The summed E-state index contributed by atoms with van der Waals surface area (Å²) < 4.78 is 18.9. The quantitative estimate of drug-likeness (QED) is 0.762.